The molecule has 0 aromatic heterocycles. The Kier molecular flexibility index (Phi) is 2.38. The van der Waals surface area contributed by atoms with Crippen molar-refractivity contribution in [2.24, 2.45) is 0 Å². The van der Waals surface area contributed by atoms with E-state index in [1.165, 1.54) is 12.8 Å². The first kappa shape index (κ1) is 9.18. The van der Waals surface area contributed by atoms with Crippen molar-refractivity contribution in [3.63, 3.8) is 0 Å². The molecule has 0 saturated heterocycles. The lowest BCUT2D eigenvalue weighted by Crippen LogP contribution is -2.29. The van der Waals surface area contributed by atoms with Gasteiger partial charge in [0.15, 0.2) is 0 Å². The summed E-state index contributed by atoms with van der Waals surface area (Å²) < 4.78 is 0.835. The van der Waals surface area contributed by atoms with Gasteiger partial charge in [-0.05, 0) is 19.8 Å². The molecule has 0 aromatic rings. The Morgan fingerprint density at radius 2 is 2.00 bits per heavy atom. The van der Waals surface area contributed by atoms with Crippen LogP contribution in [0.3, 0.4) is 0 Å². The summed E-state index contributed by atoms with van der Waals surface area (Å²) in [5, 5.41) is 0. The molecule has 0 nitrogen and oxygen atoms in total. The van der Waals surface area contributed by atoms with Gasteiger partial charge >= 0.3 is 0 Å². The topological polar surface area (TPSA) is 0 Å². The van der Waals surface area contributed by atoms with E-state index < -0.39 is 0 Å². The SMILES string of the molecule is CCC1(C)C=CCC(C)(C)S1. The highest BCUT2D eigenvalue weighted by Crippen LogP contribution is 2.45. The maximum Gasteiger partial charge on any atom is 0.0313 e. The van der Waals surface area contributed by atoms with E-state index in [2.05, 4.69) is 51.6 Å². The number of allylic oxidation sites excluding steroid dienone is 1. The molecule has 0 aliphatic carbocycles. The number of thioether (sulfide) groups is 1. The van der Waals surface area contributed by atoms with Crippen molar-refractivity contribution < 1.29 is 0 Å². The van der Waals surface area contributed by atoms with E-state index in [9.17, 15) is 0 Å². The van der Waals surface area contributed by atoms with Crippen LogP contribution in [0.25, 0.3) is 0 Å². The average molecular weight is 170 g/mol. The molecule has 0 radical (unpaired) electrons. The predicted molar refractivity (Wildman–Crippen MR) is 54.1 cm³/mol. The van der Waals surface area contributed by atoms with Crippen molar-refractivity contribution in [2.75, 3.05) is 0 Å². The van der Waals surface area contributed by atoms with E-state index in [4.69, 9.17) is 0 Å². The molecule has 1 aliphatic rings. The molecule has 0 aromatic carbocycles. The van der Waals surface area contributed by atoms with Crippen molar-refractivity contribution in [3.8, 4) is 0 Å². The zero-order valence-electron chi connectivity index (χ0n) is 7.98. The minimum absolute atomic E-state index is 0.391. The van der Waals surface area contributed by atoms with Crippen LogP contribution in [0.4, 0.5) is 0 Å². The molecule has 64 valence electrons. The van der Waals surface area contributed by atoms with Gasteiger partial charge in [-0.2, -0.15) is 0 Å². The fourth-order valence-corrected chi connectivity index (χ4v) is 3.24. The van der Waals surface area contributed by atoms with Gasteiger partial charge < -0.3 is 0 Å². The van der Waals surface area contributed by atoms with Gasteiger partial charge in [-0.25, -0.2) is 0 Å². The fourth-order valence-electron chi connectivity index (χ4n) is 1.49. The monoisotopic (exact) mass is 170 g/mol. The zero-order chi connectivity index (χ0) is 8.54. The lowest BCUT2D eigenvalue weighted by molar-refractivity contribution is 0.656. The van der Waals surface area contributed by atoms with Crippen molar-refractivity contribution in [1.82, 2.24) is 0 Å². The molecule has 0 amide bonds. The number of hydrogen-bond acceptors (Lipinski definition) is 1. The Balaban J connectivity index is 2.74. The Morgan fingerprint density at radius 1 is 1.36 bits per heavy atom. The molecule has 1 unspecified atom stereocenters. The average Bonchev–Trinajstić information content (AvgIpc) is 1.85. The highest BCUT2D eigenvalue weighted by Gasteiger charge is 2.32. The molecule has 1 heterocycles. The first-order valence-electron chi connectivity index (χ1n) is 4.35. The van der Waals surface area contributed by atoms with Gasteiger partial charge in [0.25, 0.3) is 0 Å². The third-order valence-corrected chi connectivity index (χ3v) is 3.90. The van der Waals surface area contributed by atoms with Crippen LogP contribution in [0.15, 0.2) is 12.2 Å². The Morgan fingerprint density at radius 3 is 2.36 bits per heavy atom. The van der Waals surface area contributed by atoms with Crippen molar-refractivity contribution >= 4 is 11.8 Å². The summed E-state index contributed by atoms with van der Waals surface area (Å²) >= 11 is 2.10. The van der Waals surface area contributed by atoms with Crippen molar-refractivity contribution in [2.45, 2.75) is 50.0 Å². The maximum absolute atomic E-state index is 2.36. The molecule has 0 spiro atoms. The molecular formula is C10H18S. The molecule has 0 saturated carbocycles. The summed E-state index contributed by atoms with van der Waals surface area (Å²) in [5.74, 6) is 0. The van der Waals surface area contributed by atoms with Gasteiger partial charge in [0.2, 0.25) is 0 Å². The zero-order valence-corrected chi connectivity index (χ0v) is 8.79. The lowest BCUT2D eigenvalue weighted by atomic mass is 10.0. The summed E-state index contributed by atoms with van der Waals surface area (Å²) in [6, 6.07) is 0. The smallest absolute Gasteiger partial charge is 0.0313 e. The molecule has 11 heavy (non-hydrogen) atoms. The molecule has 1 aliphatic heterocycles. The van der Waals surface area contributed by atoms with E-state index in [0.717, 1.165) is 0 Å². The molecule has 0 bridgehead atoms. The van der Waals surface area contributed by atoms with Gasteiger partial charge in [-0.15, -0.1) is 11.8 Å². The third-order valence-electron chi connectivity index (χ3n) is 2.29. The summed E-state index contributed by atoms with van der Waals surface area (Å²) in [6.45, 7) is 9.25. The first-order chi connectivity index (χ1) is 4.97. The van der Waals surface area contributed by atoms with Gasteiger partial charge in [0.05, 0.1) is 0 Å². The maximum atomic E-state index is 2.36. The van der Waals surface area contributed by atoms with E-state index in [1.807, 2.05) is 0 Å². The lowest BCUT2D eigenvalue weighted by Gasteiger charge is -2.37. The quantitative estimate of drug-likeness (QED) is 0.542. The van der Waals surface area contributed by atoms with E-state index in [0.29, 0.717) is 9.49 Å². The summed E-state index contributed by atoms with van der Waals surface area (Å²) in [6.07, 6.45) is 7.15. The minimum atomic E-state index is 0.391. The van der Waals surface area contributed by atoms with Crippen molar-refractivity contribution in [3.05, 3.63) is 12.2 Å². The molecule has 1 heteroatoms. The number of hydrogen-bond donors (Lipinski definition) is 0. The third kappa shape index (κ3) is 2.26. The summed E-state index contributed by atoms with van der Waals surface area (Å²) in [5.41, 5.74) is 0. The second-order valence-electron chi connectivity index (χ2n) is 4.13. The Hall–Kier alpha value is 0.0900. The normalized spacial score (nSPS) is 35.6. The Bertz CT molecular complexity index is 170. The highest BCUT2D eigenvalue weighted by molar-refractivity contribution is 8.02. The van der Waals surface area contributed by atoms with Crippen LogP contribution in [0.5, 0.6) is 0 Å². The van der Waals surface area contributed by atoms with Gasteiger partial charge in [0.1, 0.15) is 0 Å². The fraction of sp³-hybridized carbons (Fsp3) is 0.800. The van der Waals surface area contributed by atoms with E-state index in [-0.39, 0.29) is 0 Å². The second kappa shape index (κ2) is 2.85. The molecule has 1 atom stereocenters. The predicted octanol–water partition coefficient (Wildman–Crippen LogP) is 3.63. The molecule has 1 rings (SSSR count). The van der Waals surface area contributed by atoms with Crippen LogP contribution in [-0.4, -0.2) is 9.49 Å². The van der Waals surface area contributed by atoms with Crippen LogP contribution >= 0.6 is 11.8 Å². The van der Waals surface area contributed by atoms with Crippen LogP contribution in [0.2, 0.25) is 0 Å². The van der Waals surface area contributed by atoms with Crippen LogP contribution < -0.4 is 0 Å². The summed E-state index contributed by atoms with van der Waals surface area (Å²) in [7, 11) is 0. The summed E-state index contributed by atoms with van der Waals surface area (Å²) in [4.78, 5) is 0. The number of rotatable bonds is 1. The van der Waals surface area contributed by atoms with E-state index >= 15 is 0 Å². The van der Waals surface area contributed by atoms with Crippen molar-refractivity contribution in [1.29, 1.82) is 0 Å². The first-order valence-corrected chi connectivity index (χ1v) is 5.17. The molecular weight excluding hydrogens is 152 g/mol. The van der Waals surface area contributed by atoms with Gasteiger partial charge in [0, 0.05) is 9.49 Å². The Labute approximate surface area is 74.5 Å². The van der Waals surface area contributed by atoms with Crippen LogP contribution in [-0.2, 0) is 0 Å². The van der Waals surface area contributed by atoms with E-state index in [1.54, 1.807) is 0 Å². The van der Waals surface area contributed by atoms with Gasteiger partial charge in [-0.1, -0.05) is 32.9 Å². The van der Waals surface area contributed by atoms with Crippen LogP contribution in [0, 0.1) is 0 Å². The molecule has 0 fully saturated rings. The van der Waals surface area contributed by atoms with Crippen LogP contribution in [0.1, 0.15) is 40.5 Å². The minimum Gasteiger partial charge on any atom is -0.145 e. The largest absolute Gasteiger partial charge is 0.145 e. The second-order valence-corrected chi connectivity index (χ2v) is 6.38. The molecule has 0 N–H and O–H groups in total. The highest BCUT2D eigenvalue weighted by atomic mass is 32.2. The van der Waals surface area contributed by atoms with Gasteiger partial charge in [-0.3, -0.25) is 0 Å². The standard InChI is InChI=1S/C10H18S/c1-5-10(4)8-6-7-9(2,3)11-10/h6,8H,5,7H2,1-4H3.